The first kappa shape index (κ1) is 18.1. The SMILES string of the molecule is COc1ccc(-c2nnc(S[C@H](C)c3nnc(-c4ccccc4)o3)n2N)cc1. The van der Waals surface area contributed by atoms with Gasteiger partial charge in [-0.1, -0.05) is 30.0 Å². The molecule has 0 saturated heterocycles. The Morgan fingerprint density at radius 3 is 2.43 bits per heavy atom. The Bertz CT molecular complexity index is 1060. The molecule has 0 radical (unpaired) electrons. The van der Waals surface area contributed by atoms with Gasteiger partial charge in [0.05, 0.1) is 12.4 Å². The maximum atomic E-state index is 6.20. The van der Waals surface area contributed by atoms with Crippen molar-refractivity contribution in [1.29, 1.82) is 0 Å². The summed E-state index contributed by atoms with van der Waals surface area (Å²) in [6, 6.07) is 17.1. The zero-order valence-electron chi connectivity index (χ0n) is 15.3. The van der Waals surface area contributed by atoms with Crippen molar-refractivity contribution in [3.63, 3.8) is 0 Å². The average Bonchev–Trinajstić information content (AvgIpc) is 3.37. The summed E-state index contributed by atoms with van der Waals surface area (Å²) in [6.07, 6.45) is 0. The molecule has 142 valence electrons. The summed E-state index contributed by atoms with van der Waals surface area (Å²) < 4.78 is 12.4. The number of methoxy groups -OCH3 is 1. The van der Waals surface area contributed by atoms with Crippen LogP contribution in [0.15, 0.2) is 64.2 Å². The van der Waals surface area contributed by atoms with Gasteiger partial charge < -0.3 is 15.0 Å². The molecule has 28 heavy (non-hydrogen) atoms. The van der Waals surface area contributed by atoms with E-state index in [2.05, 4.69) is 20.4 Å². The molecule has 0 aliphatic carbocycles. The van der Waals surface area contributed by atoms with Gasteiger partial charge in [-0.3, -0.25) is 0 Å². The van der Waals surface area contributed by atoms with Crippen LogP contribution in [-0.4, -0.2) is 32.2 Å². The lowest BCUT2D eigenvalue weighted by molar-refractivity contribution is 0.415. The van der Waals surface area contributed by atoms with Crippen LogP contribution in [0.3, 0.4) is 0 Å². The minimum Gasteiger partial charge on any atom is -0.497 e. The second kappa shape index (κ2) is 7.73. The standard InChI is InChI=1S/C19H18N6O2S/c1-12(17-22-23-18(27-17)14-6-4-3-5-7-14)28-19-24-21-16(25(19)20)13-8-10-15(26-2)11-9-13/h3-12H,20H2,1-2H3/t12-/m1/s1. The largest absolute Gasteiger partial charge is 0.497 e. The first-order valence-corrected chi connectivity index (χ1v) is 9.44. The van der Waals surface area contributed by atoms with E-state index in [1.807, 2.05) is 61.5 Å². The van der Waals surface area contributed by atoms with Crippen LogP contribution in [0, 0.1) is 0 Å². The fraction of sp³-hybridized carbons (Fsp3) is 0.158. The number of nitrogens with two attached hydrogens (primary N) is 1. The second-order valence-corrected chi connectivity index (χ2v) is 7.28. The van der Waals surface area contributed by atoms with Crippen molar-refractivity contribution in [3.05, 3.63) is 60.5 Å². The summed E-state index contributed by atoms with van der Waals surface area (Å²) in [6.45, 7) is 1.95. The maximum Gasteiger partial charge on any atom is 0.247 e. The highest BCUT2D eigenvalue weighted by Crippen LogP contribution is 2.35. The van der Waals surface area contributed by atoms with Crippen molar-refractivity contribution in [2.75, 3.05) is 13.0 Å². The molecule has 2 heterocycles. The van der Waals surface area contributed by atoms with Gasteiger partial charge in [0.2, 0.25) is 16.9 Å². The molecule has 8 nitrogen and oxygen atoms in total. The fourth-order valence-corrected chi connectivity index (χ4v) is 3.40. The molecule has 2 aromatic carbocycles. The average molecular weight is 394 g/mol. The Labute approximate surface area is 165 Å². The van der Waals surface area contributed by atoms with Crippen LogP contribution in [0.25, 0.3) is 22.8 Å². The van der Waals surface area contributed by atoms with Gasteiger partial charge in [-0.25, -0.2) is 4.68 Å². The number of benzene rings is 2. The molecule has 0 aliphatic rings. The van der Waals surface area contributed by atoms with Gasteiger partial charge in [-0.05, 0) is 43.3 Å². The van der Waals surface area contributed by atoms with Crippen LogP contribution >= 0.6 is 11.8 Å². The maximum absolute atomic E-state index is 6.20. The number of ether oxygens (including phenoxy) is 1. The molecule has 0 fully saturated rings. The molecule has 2 N–H and O–H groups in total. The van der Waals surface area contributed by atoms with Gasteiger partial charge in [0.1, 0.15) is 5.75 Å². The highest BCUT2D eigenvalue weighted by atomic mass is 32.2. The van der Waals surface area contributed by atoms with Crippen LogP contribution in [-0.2, 0) is 0 Å². The van der Waals surface area contributed by atoms with Crippen LogP contribution < -0.4 is 10.6 Å². The van der Waals surface area contributed by atoms with Crippen LogP contribution in [0.1, 0.15) is 18.1 Å². The van der Waals surface area contributed by atoms with Crippen molar-refractivity contribution in [2.45, 2.75) is 17.3 Å². The topological polar surface area (TPSA) is 105 Å². The van der Waals surface area contributed by atoms with Gasteiger partial charge >= 0.3 is 0 Å². The van der Waals surface area contributed by atoms with Crippen LogP contribution in [0.2, 0.25) is 0 Å². The number of nitrogen functional groups attached to an aromatic ring is 1. The number of hydrogen-bond donors (Lipinski definition) is 1. The zero-order valence-corrected chi connectivity index (χ0v) is 16.1. The van der Waals surface area contributed by atoms with E-state index in [-0.39, 0.29) is 5.25 Å². The minimum atomic E-state index is -0.139. The molecule has 4 aromatic rings. The molecule has 1 atom stereocenters. The Hall–Kier alpha value is -3.33. The summed E-state index contributed by atoms with van der Waals surface area (Å²) >= 11 is 1.40. The first-order chi connectivity index (χ1) is 13.7. The van der Waals surface area contributed by atoms with Gasteiger partial charge in [0.15, 0.2) is 5.82 Å². The predicted octanol–water partition coefficient (Wildman–Crippen LogP) is 3.57. The zero-order chi connectivity index (χ0) is 19.5. The number of rotatable bonds is 6. The Morgan fingerprint density at radius 1 is 0.964 bits per heavy atom. The van der Waals surface area contributed by atoms with E-state index in [1.54, 1.807) is 7.11 Å². The van der Waals surface area contributed by atoms with Gasteiger partial charge in [-0.15, -0.1) is 20.4 Å². The van der Waals surface area contributed by atoms with Crippen molar-refractivity contribution in [1.82, 2.24) is 25.1 Å². The molecule has 9 heteroatoms. The van der Waals surface area contributed by atoms with Crippen molar-refractivity contribution in [3.8, 4) is 28.6 Å². The molecule has 0 saturated carbocycles. The van der Waals surface area contributed by atoms with E-state index >= 15 is 0 Å². The normalized spacial score (nSPS) is 12.1. The monoisotopic (exact) mass is 394 g/mol. The van der Waals surface area contributed by atoms with Crippen LogP contribution in [0.4, 0.5) is 0 Å². The summed E-state index contributed by atoms with van der Waals surface area (Å²) in [5.74, 6) is 8.51. The Morgan fingerprint density at radius 2 is 1.71 bits per heavy atom. The molecule has 0 aliphatic heterocycles. The first-order valence-electron chi connectivity index (χ1n) is 8.56. The highest BCUT2D eigenvalue weighted by molar-refractivity contribution is 7.99. The molecule has 0 amide bonds. The lowest BCUT2D eigenvalue weighted by Gasteiger charge is -2.07. The van der Waals surface area contributed by atoms with Crippen molar-refractivity contribution < 1.29 is 9.15 Å². The molecule has 0 spiro atoms. The number of hydrogen-bond acceptors (Lipinski definition) is 8. The third-order valence-electron chi connectivity index (χ3n) is 4.10. The summed E-state index contributed by atoms with van der Waals surface area (Å²) in [5, 5.41) is 17.1. The lowest BCUT2D eigenvalue weighted by Crippen LogP contribution is -2.12. The summed E-state index contributed by atoms with van der Waals surface area (Å²) in [7, 11) is 1.62. The van der Waals surface area contributed by atoms with Gasteiger partial charge in [0, 0.05) is 11.1 Å². The van der Waals surface area contributed by atoms with E-state index in [0.717, 1.165) is 16.9 Å². The number of aromatic nitrogens is 5. The second-order valence-electron chi connectivity index (χ2n) is 5.98. The van der Waals surface area contributed by atoms with E-state index in [9.17, 15) is 0 Å². The molecule has 4 rings (SSSR count). The number of thioether (sulfide) groups is 1. The van der Waals surface area contributed by atoms with Crippen molar-refractivity contribution in [2.24, 2.45) is 0 Å². The molecular weight excluding hydrogens is 376 g/mol. The fourth-order valence-electron chi connectivity index (χ4n) is 2.60. The minimum absolute atomic E-state index is 0.139. The summed E-state index contributed by atoms with van der Waals surface area (Å²) in [4.78, 5) is 0. The lowest BCUT2D eigenvalue weighted by atomic mass is 10.2. The molecule has 0 bridgehead atoms. The van der Waals surface area contributed by atoms with E-state index < -0.39 is 0 Å². The van der Waals surface area contributed by atoms with E-state index in [4.69, 9.17) is 15.0 Å². The van der Waals surface area contributed by atoms with E-state index in [1.165, 1.54) is 16.4 Å². The number of nitrogens with zero attached hydrogens (tertiary/aromatic N) is 5. The molecule has 0 unspecified atom stereocenters. The Kier molecular flexibility index (Phi) is 4.98. The molecule has 2 aromatic heterocycles. The molecular formula is C19H18N6O2S. The quantitative estimate of drug-likeness (QED) is 0.391. The summed E-state index contributed by atoms with van der Waals surface area (Å²) in [5.41, 5.74) is 1.72. The van der Waals surface area contributed by atoms with Gasteiger partial charge in [0.25, 0.3) is 0 Å². The Balaban J connectivity index is 1.51. The van der Waals surface area contributed by atoms with E-state index in [0.29, 0.717) is 22.8 Å². The van der Waals surface area contributed by atoms with Crippen LogP contribution in [0.5, 0.6) is 5.75 Å². The third kappa shape index (κ3) is 3.56. The smallest absolute Gasteiger partial charge is 0.247 e. The third-order valence-corrected chi connectivity index (χ3v) is 5.15. The highest BCUT2D eigenvalue weighted by Gasteiger charge is 2.20. The van der Waals surface area contributed by atoms with Crippen molar-refractivity contribution >= 4 is 11.8 Å². The van der Waals surface area contributed by atoms with Gasteiger partial charge in [-0.2, -0.15) is 0 Å². The predicted molar refractivity (Wildman–Crippen MR) is 106 cm³/mol.